The first-order valence-corrected chi connectivity index (χ1v) is 5.63. The summed E-state index contributed by atoms with van der Waals surface area (Å²) in [5.41, 5.74) is 1.34. The Hall–Kier alpha value is -0.440. The smallest absolute Gasteiger partial charge is 0.227 e. The van der Waals surface area contributed by atoms with Crippen LogP contribution in [-0.2, 0) is 4.79 Å². The number of hydrogen-bond acceptors (Lipinski definition) is 2. The van der Waals surface area contributed by atoms with Gasteiger partial charge in [0, 0.05) is 24.8 Å². The standard InChI is InChI=1S/C11H17NOS/c1-4-9-5-11(14)8(3)7(2)10(13)12(11)6-9/h4,7-8,14H,5-6H2,1-3H3/b9-4-. The highest BCUT2D eigenvalue weighted by Gasteiger charge is 2.55. The Labute approximate surface area is 90.8 Å². The molecular weight excluding hydrogens is 194 g/mol. The zero-order valence-corrected chi connectivity index (χ0v) is 9.84. The molecular formula is C11H17NOS. The molecule has 3 atom stereocenters. The number of fused-ring (bicyclic) bond motifs is 1. The van der Waals surface area contributed by atoms with Gasteiger partial charge in [-0.1, -0.05) is 25.5 Å². The zero-order chi connectivity index (χ0) is 10.5. The van der Waals surface area contributed by atoms with Crippen molar-refractivity contribution in [3.63, 3.8) is 0 Å². The van der Waals surface area contributed by atoms with E-state index in [0.717, 1.165) is 13.0 Å². The molecule has 2 nitrogen and oxygen atoms in total. The van der Waals surface area contributed by atoms with E-state index in [9.17, 15) is 4.79 Å². The first kappa shape index (κ1) is 10.1. The molecule has 0 N–H and O–H groups in total. The second-order valence-corrected chi connectivity index (χ2v) is 5.28. The van der Waals surface area contributed by atoms with E-state index in [2.05, 4.69) is 13.0 Å². The summed E-state index contributed by atoms with van der Waals surface area (Å²) in [6, 6.07) is 0. The minimum absolute atomic E-state index is 0.130. The van der Waals surface area contributed by atoms with Gasteiger partial charge in [0.15, 0.2) is 0 Å². The Kier molecular flexibility index (Phi) is 2.18. The molecule has 14 heavy (non-hydrogen) atoms. The van der Waals surface area contributed by atoms with Gasteiger partial charge in [0.25, 0.3) is 0 Å². The maximum absolute atomic E-state index is 11.9. The summed E-state index contributed by atoms with van der Waals surface area (Å²) in [5.74, 6) is 0.742. The second kappa shape index (κ2) is 3.02. The third kappa shape index (κ3) is 1.08. The van der Waals surface area contributed by atoms with Crippen molar-refractivity contribution in [3.05, 3.63) is 11.6 Å². The number of hydrogen-bond donors (Lipinski definition) is 1. The van der Waals surface area contributed by atoms with Crippen LogP contribution in [0.3, 0.4) is 0 Å². The average Bonchev–Trinajstić information content (AvgIpc) is 2.59. The fourth-order valence-electron chi connectivity index (χ4n) is 2.55. The molecule has 3 unspecified atom stereocenters. The van der Waals surface area contributed by atoms with E-state index in [4.69, 9.17) is 12.6 Å². The molecule has 0 aliphatic carbocycles. The minimum atomic E-state index is -0.210. The molecule has 78 valence electrons. The van der Waals surface area contributed by atoms with E-state index in [1.54, 1.807) is 0 Å². The third-order valence-corrected chi connectivity index (χ3v) is 4.67. The maximum atomic E-state index is 11.9. The quantitative estimate of drug-likeness (QED) is 0.480. The van der Waals surface area contributed by atoms with E-state index in [0.29, 0.717) is 5.92 Å². The van der Waals surface area contributed by atoms with Crippen LogP contribution in [0, 0.1) is 11.8 Å². The van der Waals surface area contributed by atoms with E-state index in [1.165, 1.54) is 5.57 Å². The highest BCUT2D eigenvalue weighted by molar-refractivity contribution is 7.81. The summed E-state index contributed by atoms with van der Waals surface area (Å²) in [4.78, 5) is 13.6. The molecule has 2 fully saturated rings. The minimum Gasteiger partial charge on any atom is -0.323 e. The molecule has 0 radical (unpaired) electrons. The molecule has 0 saturated carbocycles. The van der Waals surface area contributed by atoms with Crippen molar-refractivity contribution in [1.29, 1.82) is 0 Å². The van der Waals surface area contributed by atoms with Crippen LogP contribution in [0.1, 0.15) is 27.2 Å². The van der Waals surface area contributed by atoms with Gasteiger partial charge < -0.3 is 4.90 Å². The first-order valence-electron chi connectivity index (χ1n) is 5.18. The second-order valence-electron chi connectivity index (χ2n) is 4.50. The summed E-state index contributed by atoms with van der Waals surface area (Å²) >= 11 is 4.73. The summed E-state index contributed by atoms with van der Waals surface area (Å²) in [5, 5.41) is 0. The Morgan fingerprint density at radius 1 is 1.57 bits per heavy atom. The van der Waals surface area contributed by atoms with E-state index in [-0.39, 0.29) is 16.7 Å². The number of rotatable bonds is 0. The Balaban J connectivity index is 2.36. The highest BCUT2D eigenvalue weighted by Crippen LogP contribution is 2.50. The molecule has 0 spiro atoms. The van der Waals surface area contributed by atoms with Crippen LogP contribution in [0.4, 0.5) is 0 Å². The molecule has 0 bridgehead atoms. The number of thiol groups is 1. The number of carbonyl (C=O) groups excluding carboxylic acids is 1. The van der Waals surface area contributed by atoms with Gasteiger partial charge in [0.05, 0.1) is 4.87 Å². The number of amides is 1. The van der Waals surface area contributed by atoms with Crippen molar-refractivity contribution >= 4 is 18.5 Å². The van der Waals surface area contributed by atoms with Gasteiger partial charge in [-0.05, 0) is 6.92 Å². The van der Waals surface area contributed by atoms with Crippen LogP contribution in [0.25, 0.3) is 0 Å². The summed E-state index contributed by atoms with van der Waals surface area (Å²) in [7, 11) is 0. The topological polar surface area (TPSA) is 20.3 Å². The average molecular weight is 211 g/mol. The van der Waals surface area contributed by atoms with Crippen LogP contribution in [-0.4, -0.2) is 22.2 Å². The fraction of sp³-hybridized carbons (Fsp3) is 0.727. The van der Waals surface area contributed by atoms with Crippen molar-refractivity contribution < 1.29 is 4.79 Å². The lowest BCUT2D eigenvalue weighted by atomic mass is 9.90. The van der Waals surface area contributed by atoms with Gasteiger partial charge in [-0.15, -0.1) is 0 Å². The van der Waals surface area contributed by atoms with Gasteiger partial charge in [-0.3, -0.25) is 4.79 Å². The van der Waals surface area contributed by atoms with Crippen molar-refractivity contribution in [2.45, 2.75) is 32.1 Å². The first-order chi connectivity index (χ1) is 6.50. The van der Waals surface area contributed by atoms with Crippen molar-refractivity contribution in [2.24, 2.45) is 11.8 Å². The molecule has 2 saturated heterocycles. The monoisotopic (exact) mass is 211 g/mol. The van der Waals surface area contributed by atoms with Crippen LogP contribution >= 0.6 is 12.6 Å². The largest absolute Gasteiger partial charge is 0.323 e. The number of carbonyl (C=O) groups is 1. The van der Waals surface area contributed by atoms with E-state index >= 15 is 0 Å². The molecule has 2 rings (SSSR count). The van der Waals surface area contributed by atoms with E-state index in [1.807, 2.05) is 18.7 Å². The van der Waals surface area contributed by atoms with Gasteiger partial charge in [-0.2, -0.15) is 12.6 Å². The highest BCUT2D eigenvalue weighted by atomic mass is 32.1. The van der Waals surface area contributed by atoms with Crippen molar-refractivity contribution in [3.8, 4) is 0 Å². The zero-order valence-electron chi connectivity index (χ0n) is 8.95. The molecule has 2 heterocycles. The predicted octanol–water partition coefficient (Wildman–Crippen LogP) is 2.08. The fourth-order valence-corrected chi connectivity index (χ4v) is 3.15. The van der Waals surface area contributed by atoms with E-state index < -0.39 is 0 Å². The van der Waals surface area contributed by atoms with Crippen LogP contribution in [0.5, 0.6) is 0 Å². The lowest BCUT2D eigenvalue weighted by molar-refractivity contribution is -0.130. The lowest BCUT2D eigenvalue weighted by Gasteiger charge is -2.29. The molecule has 3 heteroatoms. The summed E-state index contributed by atoms with van der Waals surface area (Å²) in [6.07, 6.45) is 3.05. The Morgan fingerprint density at radius 3 is 2.71 bits per heavy atom. The number of allylic oxidation sites excluding steroid dienone is 1. The van der Waals surface area contributed by atoms with Crippen molar-refractivity contribution in [2.75, 3.05) is 6.54 Å². The van der Waals surface area contributed by atoms with Crippen LogP contribution < -0.4 is 0 Å². The Morgan fingerprint density at radius 2 is 2.21 bits per heavy atom. The Bertz CT molecular complexity index is 312. The van der Waals surface area contributed by atoms with Gasteiger partial charge in [-0.25, -0.2) is 0 Å². The molecule has 2 aliphatic heterocycles. The molecule has 0 aromatic carbocycles. The summed E-state index contributed by atoms with van der Waals surface area (Å²) in [6.45, 7) is 6.97. The van der Waals surface area contributed by atoms with Crippen LogP contribution in [0.2, 0.25) is 0 Å². The maximum Gasteiger partial charge on any atom is 0.227 e. The molecule has 0 aromatic heterocycles. The van der Waals surface area contributed by atoms with Gasteiger partial charge in [0.2, 0.25) is 5.91 Å². The number of nitrogens with zero attached hydrogens (tertiary/aromatic N) is 1. The molecule has 1 amide bonds. The SMILES string of the molecule is C/C=C1\CN2C(=O)C(C)C(C)C2(S)C1. The van der Waals surface area contributed by atoms with Crippen LogP contribution in [0.15, 0.2) is 11.6 Å². The molecule has 2 aliphatic rings. The predicted molar refractivity (Wildman–Crippen MR) is 60.1 cm³/mol. The normalized spacial score (nSPS) is 45.0. The van der Waals surface area contributed by atoms with Gasteiger partial charge in [0.1, 0.15) is 0 Å². The van der Waals surface area contributed by atoms with Crippen molar-refractivity contribution in [1.82, 2.24) is 4.90 Å². The molecule has 0 aromatic rings. The summed E-state index contributed by atoms with van der Waals surface area (Å²) < 4.78 is 0. The lowest BCUT2D eigenvalue weighted by Crippen LogP contribution is -2.38. The third-order valence-electron chi connectivity index (χ3n) is 3.86. The van der Waals surface area contributed by atoms with Gasteiger partial charge >= 0.3 is 0 Å².